The molecular formula is C24H44O2Si. The molecule has 27 heavy (non-hydrogen) atoms. The van der Waals surface area contributed by atoms with Crippen molar-refractivity contribution in [2.24, 2.45) is 0 Å². The normalized spacial score (nSPS) is 12.5. The predicted molar refractivity (Wildman–Crippen MR) is 121 cm³/mol. The lowest BCUT2D eigenvalue weighted by atomic mass is 10.1. The summed E-state index contributed by atoms with van der Waals surface area (Å²) >= 11 is 0. The first-order valence-corrected chi connectivity index (χ1v) is 13.3. The number of carbonyl (C=O) groups excluding carboxylic acids is 1. The third-order valence-electron chi connectivity index (χ3n) is 5.66. The quantitative estimate of drug-likeness (QED) is 0.111. The van der Waals surface area contributed by atoms with Gasteiger partial charge in [0, 0.05) is 6.92 Å². The largest absolute Gasteiger partial charge is 0.418 e. The summed E-state index contributed by atoms with van der Waals surface area (Å²) in [5, 5.41) is 0. The van der Waals surface area contributed by atoms with Gasteiger partial charge in [-0.05, 0) is 41.5 Å². The van der Waals surface area contributed by atoms with Crippen LogP contribution in [0.3, 0.4) is 0 Å². The van der Waals surface area contributed by atoms with Crippen LogP contribution >= 0.6 is 0 Å². The standard InChI is InChI=1S/C24H44O2Si/c1-9-10-11-12-13-14-15-16-17-24(26-23(8)25)18-19-27(20(2)3,21(4)5)22(6)7/h17,20-22H,9-16H2,1-8H3/b24-17+. The van der Waals surface area contributed by atoms with Crippen LogP contribution in [0.25, 0.3) is 0 Å². The van der Waals surface area contributed by atoms with Crippen LogP contribution in [0.15, 0.2) is 11.8 Å². The zero-order valence-electron chi connectivity index (χ0n) is 19.3. The van der Waals surface area contributed by atoms with Crippen LogP contribution in [0, 0.1) is 11.5 Å². The fourth-order valence-electron chi connectivity index (χ4n) is 4.21. The molecule has 3 heteroatoms. The van der Waals surface area contributed by atoms with Gasteiger partial charge in [-0.25, -0.2) is 0 Å². The predicted octanol–water partition coefficient (Wildman–Crippen LogP) is 7.80. The average Bonchev–Trinajstić information content (AvgIpc) is 2.55. The fraction of sp³-hybridized carbons (Fsp3) is 0.792. The molecule has 0 unspecified atom stereocenters. The van der Waals surface area contributed by atoms with Gasteiger partial charge in [0.2, 0.25) is 0 Å². The van der Waals surface area contributed by atoms with Crippen molar-refractivity contribution >= 4 is 14.0 Å². The summed E-state index contributed by atoms with van der Waals surface area (Å²) in [5.74, 6) is 3.57. The second-order valence-electron chi connectivity index (χ2n) is 8.72. The number of hydrogen-bond acceptors (Lipinski definition) is 2. The fourth-order valence-corrected chi connectivity index (χ4v) is 9.42. The molecule has 0 amide bonds. The van der Waals surface area contributed by atoms with E-state index in [-0.39, 0.29) is 5.97 Å². The summed E-state index contributed by atoms with van der Waals surface area (Å²) in [6.07, 6.45) is 12.0. The lowest BCUT2D eigenvalue weighted by Gasteiger charge is -2.38. The number of rotatable bonds is 12. The molecule has 0 fully saturated rings. The smallest absolute Gasteiger partial charge is 0.308 e. The molecule has 0 aliphatic carbocycles. The first-order chi connectivity index (χ1) is 12.7. The van der Waals surface area contributed by atoms with E-state index in [9.17, 15) is 4.79 Å². The molecule has 0 saturated heterocycles. The summed E-state index contributed by atoms with van der Waals surface area (Å²) in [5.41, 5.74) is 5.38. The molecule has 0 aromatic rings. The van der Waals surface area contributed by atoms with Crippen molar-refractivity contribution in [3.63, 3.8) is 0 Å². The minimum atomic E-state index is -1.81. The van der Waals surface area contributed by atoms with Crippen molar-refractivity contribution in [3.05, 3.63) is 11.8 Å². The highest BCUT2D eigenvalue weighted by Gasteiger charge is 2.41. The van der Waals surface area contributed by atoms with E-state index in [1.54, 1.807) is 0 Å². The molecule has 0 radical (unpaired) electrons. The van der Waals surface area contributed by atoms with Gasteiger partial charge >= 0.3 is 5.97 Å². The zero-order valence-corrected chi connectivity index (χ0v) is 20.3. The molecule has 0 bridgehead atoms. The molecule has 0 aromatic heterocycles. The highest BCUT2D eigenvalue weighted by Crippen LogP contribution is 2.40. The molecule has 156 valence electrons. The number of hydrogen-bond donors (Lipinski definition) is 0. The molecule has 2 nitrogen and oxygen atoms in total. The highest BCUT2D eigenvalue weighted by atomic mass is 28.3. The molecule has 0 atom stereocenters. The second-order valence-corrected chi connectivity index (χ2v) is 14.3. The van der Waals surface area contributed by atoms with Crippen LogP contribution < -0.4 is 0 Å². The Morgan fingerprint density at radius 2 is 1.37 bits per heavy atom. The summed E-state index contributed by atoms with van der Waals surface area (Å²) in [4.78, 5) is 11.5. The maximum Gasteiger partial charge on any atom is 0.308 e. The Morgan fingerprint density at radius 1 is 0.889 bits per heavy atom. The van der Waals surface area contributed by atoms with E-state index in [0.717, 1.165) is 12.8 Å². The highest BCUT2D eigenvalue weighted by molar-refractivity contribution is 6.90. The van der Waals surface area contributed by atoms with Crippen molar-refractivity contribution in [3.8, 4) is 11.5 Å². The molecule has 0 spiro atoms. The molecule has 0 aliphatic heterocycles. The van der Waals surface area contributed by atoms with Gasteiger partial charge in [0.05, 0.1) is 0 Å². The van der Waals surface area contributed by atoms with Gasteiger partial charge in [-0.2, -0.15) is 0 Å². The van der Waals surface area contributed by atoms with Crippen molar-refractivity contribution in [2.75, 3.05) is 0 Å². The Hall–Kier alpha value is -1.01. The maximum atomic E-state index is 11.5. The van der Waals surface area contributed by atoms with Gasteiger partial charge < -0.3 is 4.74 Å². The number of allylic oxidation sites excluding steroid dienone is 2. The molecular weight excluding hydrogens is 348 g/mol. The Morgan fingerprint density at radius 3 is 1.81 bits per heavy atom. The van der Waals surface area contributed by atoms with E-state index in [2.05, 4.69) is 59.9 Å². The van der Waals surface area contributed by atoms with E-state index in [1.165, 1.54) is 45.4 Å². The molecule has 0 aliphatic rings. The van der Waals surface area contributed by atoms with Crippen molar-refractivity contribution in [1.82, 2.24) is 0 Å². The van der Waals surface area contributed by atoms with Crippen molar-refractivity contribution in [1.29, 1.82) is 0 Å². The van der Waals surface area contributed by atoms with Gasteiger partial charge in [0.15, 0.2) is 5.76 Å². The zero-order chi connectivity index (χ0) is 20.9. The lowest BCUT2D eigenvalue weighted by Crippen LogP contribution is -2.43. The average molecular weight is 393 g/mol. The first-order valence-electron chi connectivity index (χ1n) is 11.1. The number of carbonyl (C=O) groups is 1. The maximum absolute atomic E-state index is 11.5. The Kier molecular flexibility index (Phi) is 13.5. The first kappa shape index (κ1) is 26.0. The third kappa shape index (κ3) is 9.65. The van der Waals surface area contributed by atoms with Crippen molar-refractivity contribution in [2.45, 2.75) is 123 Å². The number of unbranched alkanes of at least 4 members (excludes halogenated alkanes) is 7. The molecule has 0 aromatic carbocycles. The van der Waals surface area contributed by atoms with E-state index in [0.29, 0.717) is 22.4 Å². The van der Waals surface area contributed by atoms with Gasteiger partial charge in [0.1, 0.15) is 8.07 Å². The topological polar surface area (TPSA) is 26.3 Å². The summed E-state index contributed by atoms with van der Waals surface area (Å²) in [6, 6.07) is 0. The van der Waals surface area contributed by atoms with E-state index in [1.807, 2.05) is 6.08 Å². The Labute approximate surface area is 170 Å². The molecule has 0 heterocycles. The minimum Gasteiger partial charge on any atom is -0.418 e. The van der Waals surface area contributed by atoms with Crippen LogP contribution in [0.5, 0.6) is 0 Å². The van der Waals surface area contributed by atoms with Crippen LogP contribution in [-0.4, -0.2) is 14.0 Å². The Balaban J connectivity index is 5.05. The third-order valence-corrected chi connectivity index (χ3v) is 11.9. The van der Waals surface area contributed by atoms with Crippen molar-refractivity contribution < 1.29 is 9.53 Å². The summed E-state index contributed by atoms with van der Waals surface area (Å²) in [6.45, 7) is 17.5. The number of esters is 1. The second kappa shape index (κ2) is 14.1. The van der Waals surface area contributed by atoms with E-state index >= 15 is 0 Å². The van der Waals surface area contributed by atoms with Crippen LogP contribution in [0.2, 0.25) is 16.6 Å². The van der Waals surface area contributed by atoms with E-state index in [4.69, 9.17) is 4.74 Å². The van der Waals surface area contributed by atoms with Crippen LogP contribution in [-0.2, 0) is 9.53 Å². The van der Waals surface area contributed by atoms with Gasteiger partial charge in [0.25, 0.3) is 0 Å². The van der Waals surface area contributed by atoms with Gasteiger partial charge in [-0.15, -0.1) is 5.54 Å². The molecule has 0 rings (SSSR count). The molecule has 0 saturated carbocycles. The summed E-state index contributed by atoms with van der Waals surface area (Å²) < 4.78 is 5.42. The SMILES string of the molecule is CCCCCCCCC/C=C(\C#C[Si](C(C)C)(C(C)C)C(C)C)OC(C)=O. The van der Waals surface area contributed by atoms with Gasteiger partial charge in [-0.1, -0.05) is 87.0 Å². The van der Waals surface area contributed by atoms with Crippen LogP contribution in [0.1, 0.15) is 107 Å². The molecule has 0 N–H and O–H groups in total. The van der Waals surface area contributed by atoms with E-state index < -0.39 is 8.07 Å². The number of ether oxygens (including phenoxy) is 1. The minimum absolute atomic E-state index is 0.277. The monoisotopic (exact) mass is 392 g/mol. The summed E-state index contributed by atoms with van der Waals surface area (Å²) in [7, 11) is -1.81. The Bertz CT molecular complexity index is 484. The lowest BCUT2D eigenvalue weighted by molar-refractivity contribution is -0.136. The van der Waals surface area contributed by atoms with Crippen LogP contribution in [0.4, 0.5) is 0 Å². The van der Waals surface area contributed by atoms with Gasteiger partial charge in [-0.3, -0.25) is 4.79 Å².